The van der Waals surface area contributed by atoms with Gasteiger partial charge < -0.3 is 14.5 Å². The van der Waals surface area contributed by atoms with Crippen LogP contribution in [0.25, 0.3) is 6.08 Å². The van der Waals surface area contributed by atoms with Crippen molar-refractivity contribution in [2.75, 3.05) is 32.9 Å². The first-order valence-electron chi connectivity index (χ1n) is 10.4. The molecular weight excluding hydrogens is 448 g/mol. The van der Waals surface area contributed by atoms with Gasteiger partial charge in [0.2, 0.25) is 15.8 Å². The fourth-order valence-electron chi connectivity index (χ4n) is 3.67. The second-order valence-electron chi connectivity index (χ2n) is 7.63. The van der Waals surface area contributed by atoms with Gasteiger partial charge >= 0.3 is 5.97 Å². The van der Waals surface area contributed by atoms with E-state index in [9.17, 15) is 22.8 Å². The van der Waals surface area contributed by atoms with Crippen LogP contribution in [-0.2, 0) is 24.3 Å². The molecule has 0 aliphatic carbocycles. The zero-order valence-electron chi connectivity index (χ0n) is 18.7. The van der Waals surface area contributed by atoms with E-state index in [1.54, 1.807) is 26.0 Å². The van der Waals surface area contributed by atoms with Crippen molar-refractivity contribution >= 4 is 33.6 Å². The normalized spacial score (nSPS) is 15.0. The molecule has 0 radical (unpaired) electrons. The Morgan fingerprint density at radius 1 is 1.12 bits per heavy atom. The van der Waals surface area contributed by atoms with Gasteiger partial charge in [0.15, 0.2) is 12.4 Å². The van der Waals surface area contributed by atoms with Crippen molar-refractivity contribution in [2.24, 2.45) is 0 Å². The number of nitrogens with one attached hydrogen (secondary N) is 1. The van der Waals surface area contributed by atoms with Crippen LogP contribution < -0.4 is 0 Å². The zero-order valence-corrected chi connectivity index (χ0v) is 19.5. The predicted molar refractivity (Wildman–Crippen MR) is 121 cm³/mol. The number of esters is 1. The molecule has 0 atom stereocenters. The summed E-state index contributed by atoms with van der Waals surface area (Å²) in [4.78, 5) is 39.1. The molecule has 1 aromatic carbocycles. The maximum atomic E-state index is 12.6. The molecule has 1 aliphatic heterocycles. The Labute approximate surface area is 192 Å². The van der Waals surface area contributed by atoms with Crippen LogP contribution in [0.5, 0.6) is 0 Å². The average molecular weight is 475 g/mol. The van der Waals surface area contributed by atoms with Crippen molar-refractivity contribution in [1.29, 1.82) is 0 Å². The smallest absolute Gasteiger partial charge is 0.331 e. The number of aromatic nitrogens is 1. The van der Waals surface area contributed by atoms with Gasteiger partial charge in [0.1, 0.15) is 0 Å². The Balaban J connectivity index is 1.58. The molecule has 1 aliphatic rings. The molecular formula is C23H26N2O7S. The molecule has 0 amide bonds. The molecule has 1 saturated heterocycles. The molecule has 2 heterocycles. The van der Waals surface area contributed by atoms with Crippen LogP contribution in [0.2, 0.25) is 0 Å². The summed E-state index contributed by atoms with van der Waals surface area (Å²) in [7, 11) is -3.59. The molecule has 176 valence electrons. The van der Waals surface area contributed by atoms with E-state index in [0.29, 0.717) is 48.7 Å². The summed E-state index contributed by atoms with van der Waals surface area (Å²) in [6.07, 6.45) is 2.63. The van der Waals surface area contributed by atoms with Crippen LogP contribution in [0.1, 0.15) is 44.6 Å². The molecule has 1 aromatic heterocycles. The van der Waals surface area contributed by atoms with Crippen LogP contribution in [0.15, 0.2) is 35.2 Å². The van der Waals surface area contributed by atoms with Crippen LogP contribution in [0.4, 0.5) is 0 Å². The van der Waals surface area contributed by atoms with Crippen molar-refractivity contribution < 1.29 is 32.3 Å². The molecule has 10 heteroatoms. The van der Waals surface area contributed by atoms with Crippen molar-refractivity contribution in [2.45, 2.75) is 25.7 Å². The number of hydrogen-bond acceptors (Lipinski definition) is 7. The van der Waals surface area contributed by atoms with Gasteiger partial charge in [-0.15, -0.1) is 0 Å². The lowest BCUT2D eigenvalue weighted by molar-refractivity contribution is -0.136. The largest absolute Gasteiger partial charge is 0.454 e. The first-order chi connectivity index (χ1) is 15.6. The maximum Gasteiger partial charge on any atom is 0.331 e. The number of ether oxygens (including phenoxy) is 2. The van der Waals surface area contributed by atoms with Crippen LogP contribution >= 0.6 is 0 Å². The van der Waals surface area contributed by atoms with E-state index in [1.807, 2.05) is 0 Å². The highest BCUT2D eigenvalue weighted by molar-refractivity contribution is 7.89. The van der Waals surface area contributed by atoms with Crippen LogP contribution in [0, 0.1) is 13.8 Å². The van der Waals surface area contributed by atoms with Crippen molar-refractivity contribution in [3.8, 4) is 0 Å². The number of morpholine rings is 1. The number of ketones is 2. The predicted octanol–water partition coefficient (Wildman–Crippen LogP) is 2.29. The number of carbonyl (C=O) groups excluding carboxylic acids is 3. The highest BCUT2D eigenvalue weighted by Crippen LogP contribution is 2.20. The van der Waals surface area contributed by atoms with E-state index < -0.39 is 28.4 Å². The molecule has 0 spiro atoms. The number of aromatic amines is 1. The van der Waals surface area contributed by atoms with Crippen LogP contribution in [-0.4, -0.2) is 68.2 Å². The summed E-state index contributed by atoms with van der Waals surface area (Å²) in [6.45, 7) is 5.67. The quantitative estimate of drug-likeness (QED) is 0.354. The second kappa shape index (κ2) is 10.2. The number of nitrogens with zero attached hydrogens (tertiary/aromatic N) is 1. The fraction of sp³-hybridized carbons (Fsp3) is 0.348. The number of carbonyl (C=O) groups is 3. The van der Waals surface area contributed by atoms with Crippen molar-refractivity contribution in [3.05, 3.63) is 58.4 Å². The third kappa shape index (κ3) is 5.65. The number of Topliss-reactive ketones (excluding diaryl/α,β-unsaturated/α-hetero) is 2. The number of aryl methyl sites for hydroxylation is 1. The van der Waals surface area contributed by atoms with E-state index in [1.165, 1.54) is 29.4 Å². The van der Waals surface area contributed by atoms with E-state index in [0.717, 1.165) is 6.08 Å². The molecule has 33 heavy (non-hydrogen) atoms. The molecule has 0 unspecified atom stereocenters. The van der Waals surface area contributed by atoms with E-state index in [-0.39, 0.29) is 16.4 Å². The van der Waals surface area contributed by atoms with Gasteiger partial charge in [-0.2, -0.15) is 4.31 Å². The first kappa shape index (κ1) is 24.6. The molecule has 2 aromatic rings. The lowest BCUT2D eigenvalue weighted by atomic mass is 10.1. The third-order valence-electron chi connectivity index (χ3n) is 5.31. The minimum Gasteiger partial charge on any atom is -0.454 e. The molecule has 1 N–H and O–H groups in total. The fourth-order valence-corrected chi connectivity index (χ4v) is 5.07. The highest BCUT2D eigenvalue weighted by Gasteiger charge is 2.26. The maximum absolute atomic E-state index is 12.6. The summed E-state index contributed by atoms with van der Waals surface area (Å²) in [5.74, 6) is -1.31. The molecule has 3 rings (SSSR count). The van der Waals surface area contributed by atoms with E-state index in [2.05, 4.69) is 4.98 Å². The Morgan fingerprint density at radius 3 is 2.33 bits per heavy atom. The molecule has 0 bridgehead atoms. The lowest BCUT2D eigenvalue weighted by Gasteiger charge is -2.26. The minimum absolute atomic E-state index is 0.149. The number of benzene rings is 1. The standard InChI is InChI=1S/C23H26N2O7S/c1-15-22(17(3)26)16(2)24-23(15)20(27)14-32-21(28)9-6-18-4-7-19(8-5-18)33(29,30)25-10-12-31-13-11-25/h4-9,24H,10-14H2,1-3H3/b9-6+. The summed E-state index contributed by atoms with van der Waals surface area (Å²) >= 11 is 0. The van der Waals surface area contributed by atoms with Gasteiger partial charge in [-0.3, -0.25) is 9.59 Å². The minimum atomic E-state index is -3.59. The van der Waals surface area contributed by atoms with Gasteiger partial charge in [-0.1, -0.05) is 12.1 Å². The van der Waals surface area contributed by atoms with Gasteiger partial charge in [0, 0.05) is 30.4 Å². The number of H-pyrrole nitrogens is 1. The Morgan fingerprint density at radius 2 is 1.76 bits per heavy atom. The molecule has 0 saturated carbocycles. The summed E-state index contributed by atoms with van der Waals surface area (Å²) < 4.78 is 36.9. The third-order valence-corrected chi connectivity index (χ3v) is 7.23. The number of hydrogen-bond donors (Lipinski definition) is 1. The van der Waals surface area contributed by atoms with Crippen LogP contribution in [0.3, 0.4) is 0 Å². The average Bonchev–Trinajstić information content (AvgIpc) is 3.11. The van der Waals surface area contributed by atoms with Crippen molar-refractivity contribution in [1.82, 2.24) is 9.29 Å². The van der Waals surface area contributed by atoms with E-state index in [4.69, 9.17) is 9.47 Å². The zero-order chi connectivity index (χ0) is 24.2. The van der Waals surface area contributed by atoms with Gasteiger partial charge in [0.05, 0.1) is 23.8 Å². The number of rotatable bonds is 8. The molecule has 9 nitrogen and oxygen atoms in total. The Bertz CT molecular complexity index is 1190. The second-order valence-corrected chi connectivity index (χ2v) is 9.57. The van der Waals surface area contributed by atoms with Gasteiger partial charge in [0.25, 0.3) is 0 Å². The van der Waals surface area contributed by atoms with Crippen molar-refractivity contribution in [3.63, 3.8) is 0 Å². The summed E-state index contributed by atoms with van der Waals surface area (Å²) in [6, 6.07) is 6.11. The summed E-state index contributed by atoms with van der Waals surface area (Å²) in [5, 5.41) is 0. The first-order valence-corrected chi connectivity index (χ1v) is 11.8. The van der Waals surface area contributed by atoms with E-state index >= 15 is 0 Å². The monoisotopic (exact) mass is 474 g/mol. The summed E-state index contributed by atoms with van der Waals surface area (Å²) in [5.41, 5.74) is 2.42. The van der Waals surface area contributed by atoms with Gasteiger partial charge in [-0.05, 0) is 50.1 Å². The van der Waals surface area contributed by atoms with Gasteiger partial charge in [-0.25, -0.2) is 13.2 Å². The SMILES string of the molecule is CC(=O)c1c(C)[nH]c(C(=O)COC(=O)/C=C/c2ccc(S(=O)(=O)N3CCOCC3)cc2)c1C. The lowest BCUT2D eigenvalue weighted by Crippen LogP contribution is -2.40. The number of sulfonamides is 1. The highest BCUT2D eigenvalue weighted by atomic mass is 32.2. The Kier molecular flexibility index (Phi) is 7.62. The molecule has 1 fully saturated rings. The Hall–Kier alpha value is -3.08. The topological polar surface area (TPSA) is 123 Å².